The summed E-state index contributed by atoms with van der Waals surface area (Å²) in [5.41, 5.74) is 5.34. The molecule has 9 rings (SSSR count). The van der Waals surface area contributed by atoms with Crippen molar-refractivity contribution in [3.63, 3.8) is 0 Å². The van der Waals surface area contributed by atoms with Crippen LogP contribution in [0, 0.1) is 76.9 Å². The third-order valence-corrected chi connectivity index (χ3v) is 18.1. The van der Waals surface area contributed by atoms with Gasteiger partial charge in [-0.2, -0.15) is 0 Å². The summed E-state index contributed by atoms with van der Waals surface area (Å²) in [6.45, 7) is 11.4. The smallest absolute Gasteiger partial charge is 0.0227 e. The van der Waals surface area contributed by atoms with E-state index < -0.39 is 0 Å². The molecule has 55 heavy (non-hydrogen) atoms. The Hall–Kier alpha value is -1.90. The molecule has 3 fully saturated rings. The summed E-state index contributed by atoms with van der Waals surface area (Å²) in [4.78, 5) is 3.28. The van der Waals surface area contributed by atoms with Gasteiger partial charge in [-0.05, 0) is 199 Å². The molecule has 2 heterocycles. The van der Waals surface area contributed by atoms with Crippen LogP contribution in [-0.2, 0) is 0 Å². The summed E-state index contributed by atoms with van der Waals surface area (Å²) in [6.07, 6.45) is 53.4. The van der Waals surface area contributed by atoms with Crippen molar-refractivity contribution in [1.29, 1.82) is 0 Å². The molecular weight excluding hydrogens is 665 g/mol. The van der Waals surface area contributed by atoms with Crippen molar-refractivity contribution in [2.45, 2.75) is 148 Å². The van der Waals surface area contributed by atoms with Crippen molar-refractivity contribution in [3.8, 4) is 0 Å². The van der Waals surface area contributed by atoms with Crippen molar-refractivity contribution in [1.82, 2.24) is 10.2 Å². The van der Waals surface area contributed by atoms with Gasteiger partial charge in [0, 0.05) is 31.7 Å². The Balaban J connectivity index is 1.10. The number of nitrogens with zero attached hydrogens (tertiary/aromatic N) is 1. The normalized spacial score (nSPS) is 46.7. The van der Waals surface area contributed by atoms with Gasteiger partial charge in [0.15, 0.2) is 0 Å². The highest BCUT2D eigenvalue weighted by Crippen LogP contribution is 2.55. The van der Waals surface area contributed by atoms with Gasteiger partial charge in [0.25, 0.3) is 0 Å². The maximum Gasteiger partial charge on any atom is 0.0227 e. The van der Waals surface area contributed by atoms with Gasteiger partial charge in [-0.25, -0.2) is 0 Å². The van der Waals surface area contributed by atoms with Gasteiger partial charge in [-0.1, -0.05) is 97.7 Å². The van der Waals surface area contributed by atoms with Gasteiger partial charge in [-0.3, -0.25) is 4.90 Å². The van der Waals surface area contributed by atoms with Crippen LogP contribution in [0.2, 0.25) is 0 Å². The lowest BCUT2D eigenvalue weighted by molar-refractivity contribution is -0.0126. The predicted octanol–water partition coefficient (Wildman–Crippen LogP) is 12.8. The first-order valence-electron chi connectivity index (χ1n) is 24.2. The first-order valence-corrected chi connectivity index (χ1v) is 24.2. The molecule has 9 aliphatic rings. The monoisotopic (exact) mass is 743 g/mol. The van der Waals surface area contributed by atoms with E-state index in [-0.39, 0.29) is 0 Å². The molecule has 2 nitrogen and oxygen atoms in total. The third-order valence-electron chi connectivity index (χ3n) is 18.1. The Morgan fingerprint density at radius 3 is 2.29 bits per heavy atom. The lowest BCUT2D eigenvalue weighted by Gasteiger charge is -2.53. The van der Waals surface area contributed by atoms with E-state index in [0.717, 1.165) is 71.8 Å². The van der Waals surface area contributed by atoms with Gasteiger partial charge in [0.1, 0.15) is 0 Å². The molecule has 7 aliphatic carbocycles. The molecule has 0 aromatic carbocycles. The van der Waals surface area contributed by atoms with Crippen molar-refractivity contribution in [2.75, 3.05) is 19.6 Å². The topological polar surface area (TPSA) is 15.3 Å². The maximum absolute atomic E-state index is 3.80. The standard InChI is InChI=1S/C53H78N2/c1-36-25-26-42(47-21-11-10-20-46(47)40-16-5-4-6-17-40)34-55(44-28-27-39-15-7-8-18-41(39)32-44)35-53(49-22-12-9-19-45(49)38(36)3)52-30-29-48(43-31-37(2)54-33-43)50-23-13-14-24-51(50)52/h4-6,8-9,11,16,18-19,21,31,36-37,39-42,44,46-54H,7,10,12-15,17,20,22-30,32-35H2,1-3H3/b45-38+/t36?,37?,39-,40?,41?,42?,44?,46?,47?,48?,49?,50?,51?,52?,53?/m1/s1. The SMILES string of the molecule is C/C1=C2/C=CCCC2C(C2CCC(C3=CC(C)NC3)C3CCCCC32)CN(C2CC[C@H]3CCC=CC3C2)CC(C2C=CCCC2C2C=CC=CC2)CCC1C. The fourth-order valence-corrected chi connectivity index (χ4v) is 15.0. The molecule has 0 saturated heterocycles. The minimum atomic E-state index is 0.559. The van der Waals surface area contributed by atoms with Crippen LogP contribution in [0.3, 0.4) is 0 Å². The average molecular weight is 743 g/mol. The van der Waals surface area contributed by atoms with E-state index in [1.165, 1.54) is 129 Å². The van der Waals surface area contributed by atoms with E-state index in [9.17, 15) is 0 Å². The first kappa shape index (κ1) is 38.6. The number of nitrogens with one attached hydrogen (secondary N) is 1. The average Bonchev–Trinajstić information content (AvgIpc) is 3.68. The van der Waals surface area contributed by atoms with Crippen LogP contribution in [0.25, 0.3) is 0 Å². The molecule has 2 heteroatoms. The van der Waals surface area contributed by atoms with Crippen LogP contribution in [0.4, 0.5) is 0 Å². The fourth-order valence-electron chi connectivity index (χ4n) is 15.0. The summed E-state index contributed by atoms with van der Waals surface area (Å²) >= 11 is 0. The molecule has 0 radical (unpaired) electrons. The van der Waals surface area contributed by atoms with Gasteiger partial charge in [0.2, 0.25) is 0 Å². The summed E-state index contributed by atoms with van der Waals surface area (Å²) in [5.74, 6) is 10.4. The van der Waals surface area contributed by atoms with Crippen molar-refractivity contribution in [3.05, 3.63) is 83.6 Å². The third kappa shape index (κ3) is 8.22. The predicted molar refractivity (Wildman–Crippen MR) is 233 cm³/mol. The molecule has 1 N–H and O–H groups in total. The Labute approximate surface area is 337 Å². The fraction of sp³-hybridized carbons (Fsp3) is 0.736. The van der Waals surface area contributed by atoms with E-state index in [1.54, 1.807) is 16.7 Å². The van der Waals surface area contributed by atoms with Crippen LogP contribution >= 0.6 is 0 Å². The molecule has 14 unspecified atom stereocenters. The highest BCUT2D eigenvalue weighted by Gasteiger charge is 2.48. The van der Waals surface area contributed by atoms with E-state index in [0.29, 0.717) is 23.8 Å². The second-order valence-electron chi connectivity index (χ2n) is 20.8. The van der Waals surface area contributed by atoms with Gasteiger partial charge in [0.05, 0.1) is 0 Å². The second kappa shape index (κ2) is 17.5. The Morgan fingerprint density at radius 2 is 1.44 bits per heavy atom. The minimum absolute atomic E-state index is 0.559. The van der Waals surface area contributed by atoms with E-state index in [2.05, 4.69) is 97.8 Å². The molecular formula is C53H78N2. The second-order valence-corrected chi connectivity index (χ2v) is 20.8. The Kier molecular flexibility index (Phi) is 12.3. The van der Waals surface area contributed by atoms with Crippen LogP contribution in [-0.4, -0.2) is 36.6 Å². The van der Waals surface area contributed by atoms with Crippen LogP contribution in [0.5, 0.6) is 0 Å². The molecule has 0 aromatic rings. The molecule has 3 saturated carbocycles. The lowest BCUT2D eigenvalue weighted by Crippen LogP contribution is -2.51. The van der Waals surface area contributed by atoms with Crippen molar-refractivity contribution in [2.24, 2.45) is 76.9 Å². The van der Waals surface area contributed by atoms with Crippen LogP contribution < -0.4 is 5.32 Å². The lowest BCUT2D eigenvalue weighted by atomic mass is 9.54. The number of hydrogen-bond acceptors (Lipinski definition) is 2. The zero-order valence-electron chi connectivity index (χ0n) is 35.3. The molecule has 0 bridgehead atoms. The highest BCUT2D eigenvalue weighted by molar-refractivity contribution is 5.32. The maximum atomic E-state index is 3.80. The minimum Gasteiger partial charge on any atom is -0.307 e. The largest absolute Gasteiger partial charge is 0.307 e. The number of fused-ring (bicyclic) bond motifs is 3. The number of allylic oxidation sites excluding steroid dienone is 12. The van der Waals surface area contributed by atoms with E-state index in [4.69, 9.17) is 0 Å². The summed E-state index contributed by atoms with van der Waals surface area (Å²) in [6, 6.07) is 1.31. The van der Waals surface area contributed by atoms with Gasteiger partial charge < -0.3 is 5.32 Å². The quantitative estimate of drug-likeness (QED) is 0.282. The van der Waals surface area contributed by atoms with Crippen molar-refractivity contribution >= 4 is 0 Å². The molecule has 0 aromatic heterocycles. The Bertz CT molecular complexity index is 1540. The summed E-state index contributed by atoms with van der Waals surface area (Å²) in [7, 11) is 0. The molecule has 300 valence electrons. The van der Waals surface area contributed by atoms with Crippen LogP contribution in [0.1, 0.15) is 136 Å². The molecule has 0 amide bonds. The molecule has 15 atom stereocenters. The summed E-state index contributed by atoms with van der Waals surface area (Å²) < 4.78 is 0. The number of hydrogen-bond donors (Lipinski definition) is 1. The Morgan fingerprint density at radius 1 is 0.618 bits per heavy atom. The van der Waals surface area contributed by atoms with Crippen LogP contribution in [0.15, 0.2) is 83.6 Å². The molecule has 2 aliphatic heterocycles. The first-order chi connectivity index (χ1) is 27.0. The number of rotatable bonds is 5. The van der Waals surface area contributed by atoms with Gasteiger partial charge >= 0.3 is 0 Å². The molecule has 0 spiro atoms. The zero-order valence-corrected chi connectivity index (χ0v) is 35.3. The summed E-state index contributed by atoms with van der Waals surface area (Å²) in [5, 5.41) is 3.80. The van der Waals surface area contributed by atoms with Gasteiger partial charge in [-0.15, -0.1) is 0 Å². The van der Waals surface area contributed by atoms with E-state index >= 15 is 0 Å². The highest BCUT2D eigenvalue weighted by atomic mass is 15.2. The van der Waals surface area contributed by atoms with Crippen molar-refractivity contribution < 1.29 is 0 Å². The zero-order chi connectivity index (χ0) is 37.3. The van der Waals surface area contributed by atoms with E-state index in [1.807, 2.05) is 0 Å².